The van der Waals surface area contributed by atoms with Gasteiger partial charge in [0.15, 0.2) is 0 Å². The number of aromatic nitrogens is 1. The standard InChI is InChI=1S/C17H21N3O2/c1-10(2)15-11(3)19(4)16-12(15)6-5-7-13(16)20-9-8-14(21)18-17(20)22/h5-7,10H,8-9H2,1-4H3,(H,18,21,22). The first-order chi connectivity index (χ1) is 10.4. The van der Waals surface area contributed by atoms with E-state index in [2.05, 4.69) is 36.7 Å². The molecule has 0 unspecified atom stereocenters. The van der Waals surface area contributed by atoms with E-state index in [9.17, 15) is 9.59 Å². The van der Waals surface area contributed by atoms with Crippen LogP contribution in [0, 0.1) is 6.92 Å². The fraction of sp³-hybridized carbons (Fsp3) is 0.412. The Morgan fingerprint density at radius 3 is 2.59 bits per heavy atom. The van der Waals surface area contributed by atoms with Crippen LogP contribution in [0.2, 0.25) is 0 Å². The molecule has 22 heavy (non-hydrogen) atoms. The van der Waals surface area contributed by atoms with Crippen molar-refractivity contribution in [1.29, 1.82) is 0 Å². The summed E-state index contributed by atoms with van der Waals surface area (Å²) in [6.45, 7) is 6.89. The molecule has 3 amide bonds. The molecule has 3 rings (SSSR count). The Kier molecular flexibility index (Phi) is 3.43. The first kappa shape index (κ1) is 14.6. The van der Waals surface area contributed by atoms with Crippen molar-refractivity contribution in [2.45, 2.75) is 33.1 Å². The van der Waals surface area contributed by atoms with Gasteiger partial charge in [0, 0.05) is 31.1 Å². The smallest absolute Gasteiger partial charge is 0.328 e. The summed E-state index contributed by atoms with van der Waals surface area (Å²) in [4.78, 5) is 25.2. The highest BCUT2D eigenvalue weighted by atomic mass is 16.2. The Labute approximate surface area is 129 Å². The molecule has 1 aromatic heterocycles. The van der Waals surface area contributed by atoms with Crippen LogP contribution in [-0.4, -0.2) is 23.1 Å². The van der Waals surface area contributed by atoms with Gasteiger partial charge in [-0.3, -0.25) is 15.0 Å². The lowest BCUT2D eigenvalue weighted by molar-refractivity contribution is -0.120. The third-order valence-corrected chi connectivity index (χ3v) is 4.46. The van der Waals surface area contributed by atoms with Crippen molar-refractivity contribution in [3.63, 3.8) is 0 Å². The molecule has 0 saturated carbocycles. The molecule has 5 nitrogen and oxygen atoms in total. The molecule has 1 aliphatic rings. The SMILES string of the molecule is Cc1c(C(C)C)c2cccc(N3CCC(=O)NC3=O)c2n1C. The first-order valence-electron chi connectivity index (χ1n) is 7.61. The van der Waals surface area contributed by atoms with E-state index in [1.807, 2.05) is 19.2 Å². The van der Waals surface area contributed by atoms with Crippen molar-refractivity contribution < 1.29 is 9.59 Å². The van der Waals surface area contributed by atoms with Gasteiger partial charge in [-0.05, 0) is 24.5 Å². The van der Waals surface area contributed by atoms with Crippen LogP contribution in [0.25, 0.3) is 10.9 Å². The molecule has 1 fully saturated rings. The number of benzene rings is 1. The molecule has 0 spiro atoms. The summed E-state index contributed by atoms with van der Waals surface area (Å²) in [7, 11) is 2.03. The molecule has 1 aliphatic heterocycles. The number of nitrogens with one attached hydrogen (secondary N) is 1. The van der Waals surface area contributed by atoms with E-state index in [4.69, 9.17) is 0 Å². The van der Waals surface area contributed by atoms with Crippen molar-refractivity contribution in [3.8, 4) is 0 Å². The number of amides is 3. The largest absolute Gasteiger partial charge is 0.346 e. The van der Waals surface area contributed by atoms with Crippen LogP contribution in [0.4, 0.5) is 10.5 Å². The summed E-state index contributed by atoms with van der Waals surface area (Å²) in [5.74, 6) is 0.204. The zero-order valence-corrected chi connectivity index (χ0v) is 13.4. The lowest BCUT2D eigenvalue weighted by Crippen LogP contribution is -2.49. The number of fused-ring (bicyclic) bond motifs is 1. The van der Waals surface area contributed by atoms with E-state index in [1.165, 1.54) is 16.6 Å². The number of hydrogen-bond donors (Lipinski definition) is 1. The number of urea groups is 1. The number of rotatable bonds is 2. The molecular formula is C17H21N3O2. The molecule has 1 N–H and O–H groups in total. The van der Waals surface area contributed by atoms with Gasteiger partial charge in [-0.1, -0.05) is 26.0 Å². The second-order valence-electron chi connectivity index (χ2n) is 6.14. The Morgan fingerprint density at radius 2 is 1.95 bits per heavy atom. The van der Waals surface area contributed by atoms with Crippen molar-refractivity contribution >= 4 is 28.5 Å². The molecule has 1 aromatic carbocycles. The number of aryl methyl sites for hydroxylation is 1. The summed E-state index contributed by atoms with van der Waals surface area (Å²) in [5, 5.41) is 3.57. The average Bonchev–Trinajstić information content (AvgIpc) is 2.71. The van der Waals surface area contributed by atoms with Crippen molar-refractivity contribution in [2.24, 2.45) is 7.05 Å². The first-order valence-corrected chi connectivity index (χ1v) is 7.61. The highest BCUT2D eigenvalue weighted by Gasteiger charge is 2.27. The van der Waals surface area contributed by atoms with Gasteiger partial charge in [-0.25, -0.2) is 4.79 Å². The van der Waals surface area contributed by atoms with Gasteiger partial charge in [0.1, 0.15) is 0 Å². The maximum absolute atomic E-state index is 12.2. The lowest BCUT2D eigenvalue weighted by atomic mass is 9.99. The molecule has 0 aliphatic carbocycles. The van der Waals surface area contributed by atoms with Crippen molar-refractivity contribution in [1.82, 2.24) is 9.88 Å². The molecular weight excluding hydrogens is 278 g/mol. The quantitative estimate of drug-likeness (QED) is 0.926. The highest BCUT2D eigenvalue weighted by molar-refractivity contribution is 6.10. The Bertz CT molecular complexity index is 774. The van der Waals surface area contributed by atoms with Crippen LogP contribution < -0.4 is 10.2 Å². The van der Waals surface area contributed by atoms with Gasteiger partial charge in [0.2, 0.25) is 5.91 Å². The minimum Gasteiger partial charge on any atom is -0.346 e. The summed E-state index contributed by atoms with van der Waals surface area (Å²) >= 11 is 0. The third kappa shape index (κ3) is 2.08. The Morgan fingerprint density at radius 1 is 1.23 bits per heavy atom. The Hall–Kier alpha value is -2.30. The highest BCUT2D eigenvalue weighted by Crippen LogP contribution is 2.36. The topological polar surface area (TPSA) is 54.3 Å². The molecule has 2 heterocycles. The van der Waals surface area contributed by atoms with E-state index in [-0.39, 0.29) is 11.9 Å². The van der Waals surface area contributed by atoms with Crippen LogP contribution in [0.15, 0.2) is 18.2 Å². The normalized spacial score (nSPS) is 15.8. The Balaban J connectivity index is 2.21. The van der Waals surface area contributed by atoms with Crippen molar-refractivity contribution in [3.05, 3.63) is 29.5 Å². The van der Waals surface area contributed by atoms with Crippen LogP contribution >= 0.6 is 0 Å². The number of imide groups is 1. The van der Waals surface area contributed by atoms with E-state index < -0.39 is 0 Å². The number of carbonyl (C=O) groups excluding carboxylic acids is 2. The minimum atomic E-state index is -0.339. The van der Waals surface area contributed by atoms with E-state index in [1.54, 1.807) is 4.90 Å². The molecule has 0 atom stereocenters. The molecule has 0 radical (unpaired) electrons. The summed E-state index contributed by atoms with van der Waals surface area (Å²) < 4.78 is 2.14. The second kappa shape index (κ2) is 5.16. The zero-order chi connectivity index (χ0) is 16.0. The number of carbonyl (C=O) groups is 2. The van der Waals surface area contributed by atoms with Crippen LogP contribution in [0.5, 0.6) is 0 Å². The van der Waals surface area contributed by atoms with Gasteiger partial charge >= 0.3 is 6.03 Å². The van der Waals surface area contributed by atoms with Gasteiger partial charge in [0.05, 0.1) is 11.2 Å². The fourth-order valence-corrected chi connectivity index (χ4v) is 3.39. The van der Waals surface area contributed by atoms with Crippen LogP contribution in [-0.2, 0) is 11.8 Å². The number of nitrogens with zero attached hydrogens (tertiary/aromatic N) is 2. The van der Waals surface area contributed by atoms with E-state index >= 15 is 0 Å². The summed E-state index contributed by atoms with van der Waals surface area (Å²) in [6.07, 6.45) is 0.336. The molecule has 5 heteroatoms. The van der Waals surface area contributed by atoms with Crippen LogP contribution in [0.3, 0.4) is 0 Å². The summed E-state index contributed by atoms with van der Waals surface area (Å²) in [5.41, 5.74) is 4.44. The number of hydrogen-bond acceptors (Lipinski definition) is 2. The maximum atomic E-state index is 12.2. The molecule has 0 bridgehead atoms. The predicted molar refractivity (Wildman–Crippen MR) is 87.2 cm³/mol. The second-order valence-corrected chi connectivity index (χ2v) is 6.14. The minimum absolute atomic E-state index is 0.209. The third-order valence-electron chi connectivity index (χ3n) is 4.46. The van der Waals surface area contributed by atoms with E-state index in [0.29, 0.717) is 18.9 Å². The van der Waals surface area contributed by atoms with Gasteiger partial charge < -0.3 is 4.57 Å². The molecule has 2 aromatic rings. The lowest BCUT2D eigenvalue weighted by Gasteiger charge is -2.27. The van der Waals surface area contributed by atoms with Gasteiger partial charge in [-0.2, -0.15) is 0 Å². The number of para-hydroxylation sites is 1. The maximum Gasteiger partial charge on any atom is 0.328 e. The summed E-state index contributed by atoms with van der Waals surface area (Å²) in [6, 6.07) is 5.69. The molecule has 116 valence electrons. The monoisotopic (exact) mass is 299 g/mol. The predicted octanol–water partition coefficient (Wildman–Crippen LogP) is 3.06. The molecule has 1 saturated heterocycles. The van der Waals surface area contributed by atoms with Gasteiger partial charge in [-0.15, -0.1) is 0 Å². The van der Waals surface area contributed by atoms with Crippen LogP contribution in [0.1, 0.15) is 37.4 Å². The van der Waals surface area contributed by atoms with Crippen molar-refractivity contribution in [2.75, 3.05) is 11.4 Å². The average molecular weight is 299 g/mol. The zero-order valence-electron chi connectivity index (χ0n) is 13.4. The number of anilines is 1. The van der Waals surface area contributed by atoms with E-state index in [0.717, 1.165) is 11.2 Å². The fourth-order valence-electron chi connectivity index (χ4n) is 3.39. The van der Waals surface area contributed by atoms with Gasteiger partial charge in [0.25, 0.3) is 0 Å².